The maximum Gasteiger partial charge on any atom is 0.255 e. The van der Waals surface area contributed by atoms with Crippen LogP contribution in [0.25, 0.3) is 0 Å². The Labute approximate surface area is 177 Å². The number of rotatable bonds is 6. The summed E-state index contributed by atoms with van der Waals surface area (Å²) in [5, 5.41) is 9.81. The molecule has 1 heterocycles. The minimum Gasteiger partial charge on any atom is -0.492 e. The van der Waals surface area contributed by atoms with Crippen LogP contribution in [-0.4, -0.2) is 17.6 Å². The Bertz CT molecular complexity index is 935. The number of hydrogen-bond acceptors (Lipinski definition) is 3. The van der Waals surface area contributed by atoms with Crippen molar-refractivity contribution in [3.8, 4) is 5.75 Å². The van der Waals surface area contributed by atoms with Gasteiger partial charge in [0.2, 0.25) is 0 Å². The van der Waals surface area contributed by atoms with E-state index in [1.165, 1.54) is 5.56 Å². The molecule has 0 saturated carbocycles. The molecule has 5 nitrogen and oxygen atoms in total. The predicted molar refractivity (Wildman–Crippen MR) is 121 cm³/mol. The van der Waals surface area contributed by atoms with E-state index < -0.39 is 0 Å². The van der Waals surface area contributed by atoms with E-state index in [2.05, 4.69) is 54.1 Å². The third-order valence-electron chi connectivity index (χ3n) is 4.89. The van der Waals surface area contributed by atoms with Crippen molar-refractivity contribution in [3.05, 3.63) is 70.9 Å². The van der Waals surface area contributed by atoms with Crippen molar-refractivity contribution in [1.82, 2.24) is 10.6 Å². The number of benzene rings is 2. The molecular weight excluding hydrogens is 382 g/mol. The molecule has 0 radical (unpaired) electrons. The van der Waals surface area contributed by atoms with Gasteiger partial charge >= 0.3 is 0 Å². The van der Waals surface area contributed by atoms with Crippen molar-refractivity contribution in [3.63, 3.8) is 0 Å². The van der Waals surface area contributed by atoms with E-state index in [1.54, 1.807) is 0 Å². The first-order chi connectivity index (χ1) is 13.9. The predicted octanol–water partition coefficient (Wildman–Crippen LogP) is 4.64. The number of para-hydroxylation sites is 2. The minimum absolute atomic E-state index is 0.199. The van der Waals surface area contributed by atoms with Gasteiger partial charge < -0.3 is 20.7 Å². The molecule has 1 aliphatic rings. The largest absolute Gasteiger partial charge is 0.492 e. The molecule has 1 amide bonds. The number of hydrogen-bond donors (Lipinski definition) is 3. The molecule has 1 unspecified atom stereocenters. The summed E-state index contributed by atoms with van der Waals surface area (Å²) in [6.45, 7) is 8.62. The SMILES string of the molecule is CCOc1ccccc1NC(=O)C1=C(C)NC(=S)NC1c1ccc(C(C)C)cc1. The first kappa shape index (κ1) is 20.9. The summed E-state index contributed by atoms with van der Waals surface area (Å²) >= 11 is 5.34. The highest BCUT2D eigenvalue weighted by Gasteiger charge is 2.30. The Balaban J connectivity index is 1.92. The summed E-state index contributed by atoms with van der Waals surface area (Å²) < 4.78 is 5.63. The summed E-state index contributed by atoms with van der Waals surface area (Å²) in [5.41, 5.74) is 4.21. The van der Waals surface area contributed by atoms with Gasteiger partial charge in [-0.1, -0.05) is 50.2 Å². The number of anilines is 1. The quantitative estimate of drug-likeness (QED) is 0.607. The molecule has 6 heteroatoms. The lowest BCUT2D eigenvalue weighted by Crippen LogP contribution is -2.45. The molecule has 0 fully saturated rings. The lowest BCUT2D eigenvalue weighted by Gasteiger charge is -2.30. The van der Waals surface area contributed by atoms with Gasteiger partial charge in [0, 0.05) is 5.70 Å². The fraction of sp³-hybridized carbons (Fsp3) is 0.304. The zero-order valence-corrected chi connectivity index (χ0v) is 18.0. The molecule has 1 aliphatic heterocycles. The number of carbonyl (C=O) groups excluding carboxylic acids is 1. The fourth-order valence-corrected chi connectivity index (χ4v) is 3.63. The van der Waals surface area contributed by atoms with Gasteiger partial charge in [0.25, 0.3) is 5.91 Å². The van der Waals surface area contributed by atoms with Gasteiger partial charge in [0.1, 0.15) is 5.75 Å². The Morgan fingerprint density at radius 3 is 2.52 bits per heavy atom. The van der Waals surface area contributed by atoms with E-state index in [0.717, 1.165) is 11.3 Å². The van der Waals surface area contributed by atoms with Gasteiger partial charge in [-0.05, 0) is 55.2 Å². The highest BCUT2D eigenvalue weighted by Crippen LogP contribution is 2.30. The van der Waals surface area contributed by atoms with Crippen LogP contribution in [0.2, 0.25) is 0 Å². The van der Waals surface area contributed by atoms with Crippen LogP contribution in [0.15, 0.2) is 59.8 Å². The van der Waals surface area contributed by atoms with Gasteiger partial charge in [-0.3, -0.25) is 4.79 Å². The number of ether oxygens (including phenoxy) is 1. The minimum atomic E-state index is -0.329. The van der Waals surface area contributed by atoms with Crippen LogP contribution in [0.4, 0.5) is 5.69 Å². The Kier molecular flexibility index (Phi) is 6.54. The lowest BCUT2D eigenvalue weighted by atomic mass is 9.92. The Morgan fingerprint density at radius 1 is 1.17 bits per heavy atom. The zero-order valence-electron chi connectivity index (χ0n) is 17.2. The van der Waals surface area contributed by atoms with Gasteiger partial charge in [-0.15, -0.1) is 0 Å². The van der Waals surface area contributed by atoms with E-state index in [0.29, 0.717) is 34.6 Å². The van der Waals surface area contributed by atoms with Crippen LogP contribution in [0.5, 0.6) is 5.75 Å². The summed E-state index contributed by atoms with van der Waals surface area (Å²) in [7, 11) is 0. The topological polar surface area (TPSA) is 62.4 Å². The van der Waals surface area contributed by atoms with Crippen LogP contribution >= 0.6 is 12.2 Å². The molecular formula is C23H27N3O2S. The van der Waals surface area contributed by atoms with Crippen LogP contribution in [-0.2, 0) is 4.79 Å². The van der Waals surface area contributed by atoms with Crippen LogP contribution in [0.1, 0.15) is 50.8 Å². The molecule has 2 aromatic rings. The molecule has 2 aromatic carbocycles. The standard InChI is InChI=1S/C23H27N3O2S/c1-5-28-19-9-7-6-8-18(19)25-22(27)20-15(4)24-23(29)26-21(20)17-12-10-16(11-13-17)14(2)3/h6-14,21H,5H2,1-4H3,(H,25,27)(H2,24,26,29). The summed E-state index contributed by atoms with van der Waals surface area (Å²) in [6, 6.07) is 15.4. The summed E-state index contributed by atoms with van der Waals surface area (Å²) in [6.07, 6.45) is 0. The Hall–Kier alpha value is -2.86. The van der Waals surface area contributed by atoms with Gasteiger partial charge in [-0.25, -0.2) is 0 Å². The molecule has 3 rings (SSSR count). The fourth-order valence-electron chi connectivity index (χ4n) is 3.36. The van der Waals surface area contributed by atoms with E-state index in [-0.39, 0.29) is 11.9 Å². The average molecular weight is 410 g/mol. The summed E-state index contributed by atoms with van der Waals surface area (Å²) in [5.74, 6) is 0.892. The molecule has 0 aliphatic carbocycles. The highest BCUT2D eigenvalue weighted by molar-refractivity contribution is 7.80. The molecule has 0 bridgehead atoms. The van der Waals surface area contributed by atoms with Gasteiger partial charge in [0.05, 0.1) is 23.9 Å². The molecule has 3 N–H and O–H groups in total. The van der Waals surface area contributed by atoms with Gasteiger partial charge in [-0.2, -0.15) is 0 Å². The monoisotopic (exact) mass is 409 g/mol. The van der Waals surface area contributed by atoms with E-state index >= 15 is 0 Å². The molecule has 0 saturated heterocycles. The number of amides is 1. The summed E-state index contributed by atoms with van der Waals surface area (Å²) in [4.78, 5) is 13.3. The second kappa shape index (κ2) is 9.09. The molecule has 0 aromatic heterocycles. The smallest absolute Gasteiger partial charge is 0.255 e. The number of allylic oxidation sites excluding steroid dienone is 1. The van der Waals surface area contributed by atoms with Crippen LogP contribution in [0, 0.1) is 0 Å². The maximum atomic E-state index is 13.3. The van der Waals surface area contributed by atoms with Crippen molar-refractivity contribution >= 4 is 28.9 Å². The molecule has 152 valence electrons. The van der Waals surface area contributed by atoms with Crippen molar-refractivity contribution in [1.29, 1.82) is 0 Å². The second-order valence-corrected chi connectivity index (χ2v) is 7.68. The first-order valence-electron chi connectivity index (χ1n) is 9.82. The maximum absolute atomic E-state index is 13.3. The second-order valence-electron chi connectivity index (χ2n) is 7.27. The van der Waals surface area contributed by atoms with Crippen LogP contribution < -0.4 is 20.7 Å². The number of carbonyl (C=O) groups is 1. The average Bonchev–Trinajstić information content (AvgIpc) is 2.69. The van der Waals surface area contributed by atoms with Crippen molar-refractivity contribution in [2.45, 2.75) is 39.7 Å². The van der Waals surface area contributed by atoms with E-state index in [4.69, 9.17) is 17.0 Å². The first-order valence-corrected chi connectivity index (χ1v) is 10.2. The third-order valence-corrected chi connectivity index (χ3v) is 5.11. The van der Waals surface area contributed by atoms with Crippen molar-refractivity contribution in [2.24, 2.45) is 0 Å². The third kappa shape index (κ3) is 4.77. The lowest BCUT2D eigenvalue weighted by molar-refractivity contribution is -0.113. The van der Waals surface area contributed by atoms with Crippen molar-refractivity contribution < 1.29 is 9.53 Å². The molecule has 1 atom stereocenters. The van der Waals surface area contributed by atoms with Crippen molar-refractivity contribution in [2.75, 3.05) is 11.9 Å². The van der Waals surface area contributed by atoms with Crippen LogP contribution in [0.3, 0.4) is 0 Å². The van der Waals surface area contributed by atoms with Gasteiger partial charge in [0.15, 0.2) is 5.11 Å². The zero-order chi connectivity index (χ0) is 21.0. The Morgan fingerprint density at radius 2 is 1.86 bits per heavy atom. The number of thiocarbonyl (C=S) groups is 1. The highest BCUT2D eigenvalue weighted by atomic mass is 32.1. The normalized spacial score (nSPS) is 16.3. The number of nitrogens with one attached hydrogen (secondary N) is 3. The van der Waals surface area contributed by atoms with E-state index in [9.17, 15) is 4.79 Å². The molecule has 29 heavy (non-hydrogen) atoms. The molecule has 0 spiro atoms. The van der Waals surface area contributed by atoms with E-state index in [1.807, 2.05) is 38.1 Å².